The SMILES string of the molecule is CCC1(F)CN(C(=O)NC2CCCc3c2cnn3Cc2ccccc2)C1. The van der Waals surface area contributed by atoms with E-state index in [0.29, 0.717) is 6.42 Å². The van der Waals surface area contributed by atoms with Crippen LogP contribution < -0.4 is 5.32 Å². The monoisotopic (exact) mass is 356 g/mol. The molecule has 1 aromatic carbocycles. The highest BCUT2D eigenvalue weighted by molar-refractivity contribution is 5.76. The fourth-order valence-corrected chi connectivity index (χ4v) is 3.91. The standard InChI is InChI=1S/C20H25FN4O/c1-2-20(21)13-24(14-20)19(26)23-17-9-6-10-18-16(17)11-22-25(18)12-15-7-4-3-5-8-15/h3-5,7-8,11,17H,2,6,9-10,12-14H2,1H3,(H,23,26). The number of urea groups is 1. The van der Waals surface area contributed by atoms with Gasteiger partial charge in [-0.3, -0.25) is 4.68 Å². The Labute approximate surface area is 153 Å². The van der Waals surface area contributed by atoms with Gasteiger partial charge in [-0.1, -0.05) is 37.3 Å². The van der Waals surface area contributed by atoms with Crippen LogP contribution in [0.1, 0.15) is 49.0 Å². The normalized spacial score (nSPS) is 21.0. The molecular formula is C20H25FN4O. The molecule has 2 amide bonds. The number of carbonyl (C=O) groups excluding carboxylic acids is 1. The van der Waals surface area contributed by atoms with Crippen LogP contribution in [0.5, 0.6) is 0 Å². The number of rotatable bonds is 4. The molecule has 0 spiro atoms. The van der Waals surface area contributed by atoms with E-state index in [2.05, 4.69) is 22.5 Å². The Morgan fingerprint density at radius 2 is 2.12 bits per heavy atom. The Balaban J connectivity index is 1.44. The lowest BCUT2D eigenvalue weighted by atomic mass is 9.92. The molecule has 4 rings (SSSR count). The number of hydrogen-bond donors (Lipinski definition) is 1. The first-order valence-electron chi connectivity index (χ1n) is 9.41. The van der Waals surface area contributed by atoms with E-state index in [1.165, 1.54) is 11.3 Å². The molecule has 1 aromatic heterocycles. The molecule has 1 fully saturated rings. The zero-order valence-corrected chi connectivity index (χ0v) is 15.1. The molecule has 0 saturated carbocycles. The van der Waals surface area contributed by atoms with Gasteiger partial charge in [0.05, 0.1) is 31.9 Å². The molecule has 6 heteroatoms. The third-order valence-corrected chi connectivity index (χ3v) is 5.60. The van der Waals surface area contributed by atoms with Gasteiger partial charge in [0, 0.05) is 11.3 Å². The van der Waals surface area contributed by atoms with Gasteiger partial charge in [0.15, 0.2) is 0 Å². The van der Waals surface area contributed by atoms with Gasteiger partial charge < -0.3 is 10.2 Å². The molecular weight excluding hydrogens is 331 g/mol. The number of halogens is 1. The van der Waals surface area contributed by atoms with Crippen molar-refractivity contribution in [2.45, 2.75) is 50.9 Å². The first-order chi connectivity index (χ1) is 12.6. The van der Waals surface area contributed by atoms with Gasteiger partial charge in [-0.2, -0.15) is 5.10 Å². The number of benzene rings is 1. The summed E-state index contributed by atoms with van der Waals surface area (Å²) in [4.78, 5) is 14.0. The summed E-state index contributed by atoms with van der Waals surface area (Å²) in [5.41, 5.74) is 2.31. The highest BCUT2D eigenvalue weighted by atomic mass is 19.1. The number of nitrogens with one attached hydrogen (secondary N) is 1. The van der Waals surface area contributed by atoms with Crippen molar-refractivity contribution in [2.24, 2.45) is 0 Å². The molecule has 2 aromatic rings. The lowest BCUT2D eigenvalue weighted by Gasteiger charge is -2.44. The fraction of sp³-hybridized carbons (Fsp3) is 0.500. The summed E-state index contributed by atoms with van der Waals surface area (Å²) in [6.07, 6.45) is 5.22. The minimum absolute atomic E-state index is 0.0352. The van der Waals surface area contributed by atoms with Crippen molar-refractivity contribution in [3.05, 3.63) is 53.3 Å². The molecule has 0 bridgehead atoms. The van der Waals surface area contributed by atoms with E-state index < -0.39 is 5.67 Å². The first kappa shape index (κ1) is 17.1. The highest BCUT2D eigenvalue weighted by Gasteiger charge is 2.44. The molecule has 2 heterocycles. The number of amides is 2. The molecule has 1 aliphatic carbocycles. The molecule has 1 saturated heterocycles. The fourth-order valence-electron chi connectivity index (χ4n) is 3.91. The van der Waals surface area contributed by atoms with Crippen LogP contribution in [0.3, 0.4) is 0 Å². The smallest absolute Gasteiger partial charge is 0.318 e. The van der Waals surface area contributed by atoms with Crippen molar-refractivity contribution in [2.75, 3.05) is 13.1 Å². The highest BCUT2D eigenvalue weighted by Crippen LogP contribution is 2.32. The maximum absolute atomic E-state index is 14.0. The summed E-state index contributed by atoms with van der Waals surface area (Å²) in [7, 11) is 0. The van der Waals surface area contributed by atoms with Crippen molar-refractivity contribution in [3.8, 4) is 0 Å². The lowest BCUT2D eigenvalue weighted by Crippen LogP contribution is -2.63. The first-order valence-corrected chi connectivity index (χ1v) is 9.41. The molecule has 1 aliphatic heterocycles. The Morgan fingerprint density at radius 3 is 2.85 bits per heavy atom. The van der Waals surface area contributed by atoms with Crippen LogP contribution in [0.15, 0.2) is 36.5 Å². The summed E-state index contributed by atoms with van der Waals surface area (Å²) < 4.78 is 16.1. The third kappa shape index (κ3) is 3.20. The zero-order chi connectivity index (χ0) is 18.1. The summed E-state index contributed by atoms with van der Waals surface area (Å²) >= 11 is 0. The maximum atomic E-state index is 14.0. The van der Waals surface area contributed by atoms with Gasteiger partial charge in [-0.05, 0) is 31.2 Å². The third-order valence-electron chi connectivity index (χ3n) is 5.60. The van der Waals surface area contributed by atoms with Crippen molar-refractivity contribution in [1.29, 1.82) is 0 Å². The number of hydrogen-bond acceptors (Lipinski definition) is 2. The van der Waals surface area contributed by atoms with E-state index in [9.17, 15) is 9.18 Å². The van der Waals surface area contributed by atoms with Gasteiger partial charge in [0.1, 0.15) is 5.67 Å². The summed E-state index contributed by atoms with van der Waals surface area (Å²) in [6.45, 7) is 2.96. The summed E-state index contributed by atoms with van der Waals surface area (Å²) in [6, 6.07) is 10.1. The molecule has 2 aliphatic rings. The molecule has 5 nitrogen and oxygen atoms in total. The predicted octanol–water partition coefficient (Wildman–Crippen LogP) is 3.45. The van der Waals surface area contributed by atoms with E-state index in [4.69, 9.17) is 0 Å². The average molecular weight is 356 g/mol. The summed E-state index contributed by atoms with van der Waals surface area (Å²) in [5, 5.41) is 7.64. The van der Waals surface area contributed by atoms with Crippen LogP contribution in [-0.4, -0.2) is 39.5 Å². The van der Waals surface area contributed by atoms with Crippen molar-refractivity contribution < 1.29 is 9.18 Å². The van der Waals surface area contributed by atoms with Crippen LogP contribution >= 0.6 is 0 Å². The second kappa shape index (κ2) is 6.74. The zero-order valence-electron chi connectivity index (χ0n) is 15.1. The number of aromatic nitrogens is 2. The largest absolute Gasteiger partial charge is 0.331 e. The van der Waals surface area contributed by atoms with Crippen LogP contribution in [0.25, 0.3) is 0 Å². The molecule has 26 heavy (non-hydrogen) atoms. The van der Waals surface area contributed by atoms with Crippen molar-refractivity contribution >= 4 is 6.03 Å². The number of fused-ring (bicyclic) bond motifs is 1. The lowest BCUT2D eigenvalue weighted by molar-refractivity contribution is -0.00865. The Bertz CT molecular complexity index is 782. The maximum Gasteiger partial charge on any atom is 0.318 e. The van der Waals surface area contributed by atoms with Crippen LogP contribution in [-0.2, 0) is 13.0 Å². The van der Waals surface area contributed by atoms with Crippen LogP contribution in [0.4, 0.5) is 9.18 Å². The minimum Gasteiger partial charge on any atom is -0.331 e. The van der Waals surface area contributed by atoms with Gasteiger partial charge >= 0.3 is 6.03 Å². The Morgan fingerprint density at radius 1 is 1.35 bits per heavy atom. The van der Waals surface area contributed by atoms with Gasteiger partial charge in [-0.25, -0.2) is 9.18 Å². The van der Waals surface area contributed by atoms with Gasteiger partial charge in [0.25, 0.3) is 0 Å². The quantitative estimate of drug-likeness (QED) is 0.912. The van der Waals surface area contributed by atoms with E-state index >= 15 is 0 Å². The number of carbonyl (C=O) groups is 1. The predicted molar refractivity (Wildman–Crippen MR) is 97.7 cm³/mol. The average Bonchev–Trinajstić information content (AvgIpc) is 3.04. The van der Waals surface area contributed by atoms with E-state index in [0.717, 1.165) is 31.4 Å². The van der Waals surface area contributed by atoms with E-state index in [-0.39, 0.29) is 25.2 Å². The van der Waals surface area contributed by atoms with Gasteiger partial charge in [-0.15, -0.1) is 0 Å². The second-order valence-corrected chi connectivity index (χ2v) is 7.44. The molecule has 1 N–H and O–H groups in total. The number of alkyl halides is 1. The topological polar surface area (TPSA) is 50.2 Å². The molecule has 138 valence electrons. The van der Waals surface area contributed by atoms with E-state index in [1.54, 1.807) is 4.90 Å². The van der Waals surface area contributed by atoms with Crippen LogP contribution in [0.2, 0.25) is 0 Å². The Hall–Kier alpha value is -2.37. The van der Waals surface area contributed by atoms with Crippen molar-refractivity contribution in [1.82, 2.24) is 20.0 Å². The number of likely N-dealkylation sites (tertiary alicyclic amines) is 1. The van der Waals surface area contributed by atoms with E-state index in [1.807, 2.05) is 36.0 Å². The number of nitrogens with zero attached hydrogens (tertiary/aromatic N) is 3. The second-order valence-electron chi connectivity index (χ2n) is 7.44. The minimum atomic E-state index is -1.20. The van der Waals surface area contributed by atoms with Crippen LogP contribution in [0, 0.1) is 0 Å². The molecule has 1 unspecified atom stereocenters. The van der Waals surface area contributed by atoms with Crippen molar-refractivity contribution in [3.63, 3.8) is 0 Å². The summed E-state index contributed by atoms with van der Waals surface area (Å²) in [5.74, 6) is 0. The molecule has 0 radical (unpaired) electrons. The van der Waals surface area contributed by atoms with Gasteiger partial charge in [0.2, 0.25) is 0 Å². The Kier molecular flexibility index (Phi) is 4.42. The molecule has 1 atom stereocenters.